The maximum Gasteiger partial charge on any atom is 0.232 e. The summed E-state index contributed by atoms with van der Waals surface area (Å²) in [6.45, 7) is 1.56. The van der Waals surface area contributed by atoms with Gasteiger partial charge in [-0.1, -0.05) is 0 Å². The lowest BCUT2D eigenvalue weighted by molar-refractivity contribution is 0.0193. The number of nitrogens with one attached hydrogen (secondary N) is 1. The Balaban J connectivity index is 1.64. The van der Waals surface area contributed by atoms with Gasteiger partial charge in [-0.2, -0.15) is 0 Å². The fourth-order valence-electron chi connectivity index (χ4n) is 5.18. The summed E-state index contributed by atoms with van der Waals surface area (Å²) in [5.41, 5.74) is 5.22. The first-order valence-electron chi connectivity index (χ1n) is 13.5. The molecule has 5 rings (SSSR count). The Morgan fingerprint density at radius 3 is 2.25 bits per heavy atom. The maximum atomic E-state index is 13.3. The van der Waals surface area contributed by atoms with Gasteiger partial charge in [0.25, 0.3) is 0 Å². The van der Waals surface area contributed by atoms with Crippen molar-refractivity contribution in [3.63, 3.8) is 0 Å². The van der Waals surface area contributed by atoms with E-state index in [0.29, 0.717) is 56.4 Å². The lowest BCUT2D eigenvalue weighted by Crippen LogP contribution is -2.39. The highest BCUT2D eigenvalue weighted by atomic mass is 32.2. The van der Waals surface area contributed by atoms with Crippen LogP contribution in [0.3, 0.4) is 0 Å². The average molecular weight is 646 g/mol. The number of hydrogen-bond donors (Lipinski definition) is 1. The Morgan fingerprint density at radius 1 is 1.05 bits per heavy atom. The molecule has 1 N–H and O–H groups in total. The second-order valence-corrected chi connectivity index (χ2v) is 14.6. The van der Waals surface area contributed by atoms with Crippen molar-refractivity contribution >= 4 is 42.4 Å². The number of sulfonamides is 1. The number of hydroxylamine groups is 1. The molecule has 0 bridgehead atoms. The number of nitrogens with zero attached hydrogens (tertiary/aromatic N) is 2. The molecule has 0 amide bonds. The number of hydrogen-bond acceptors (Lipinski definition) is 9. The molecule has 14 heteroatoms. The van der Waals surface area contributed by atoms with Gasteiger partial charge in [-0.05, 0) is 61.5 Å². The van der Waals surface area contributed by atoms with Gasteiger partial charge in [0.15, 0.2) is 5.84 Å². The van der Waals surface area contributed by atoms with Crippen molar-refractivity contribution in [1.29, 1.82) is 0 Å². The number of sulfone groups is 1. The minimum absolute atomic E-state index is 0.183. The van der Waals surface area contributed by atoms with Crippen molar-refractivity contribution in [2.75, 3.05) is 43.3 Å². The molecular formula is C30H32FN3O8S2. The van der Waals surface area contributed by atoms with Crippen molar-refractivity contribution in [1.82, 2.24) is 5.48 Å². The molecule has 11 nitrogen and oxygen atoms in total. The standard InChI is InChI=1S/C30H32FN3O8S2/c1-18-24-14-25-27(15-26(24)34(44(5,37)38)16-23(40-18)17-43(4,35)36)42-29(28(25)30(32-2)33-39-3)19-6-10-21(11-7-19)41-22-12-8-20(31)9-13-22/h6-15,18,23H,16-17H2,1-5H3,(H,32,33). The largest absolute Gasteiger partial charge is 0.457 e. The van der Waals surface area contributed by atoms with E-state index < -0.39 is 32.1 Å². The highest BCUT2D eigenvalue weighted by Crippen LogP contribution is 2.42. The van der Waals surface area contributed by atoms with E-state index in [0.717, 1.165) is 16.8 Å². The number of halogens is 1. The lowest BCUT2D eigenvalue weighted by atomic mass is 10.00. The number of fused-ring (bicyclic) bond motifs is 2. The zero-order valence-electron chi connectivity index (χ0n) is 24.7. The molecule has 234 valence electrons. The van der Waals surface area contributed by atoms with Crippen LogP contribution in [0.1, 0.15) is 24.2 Å². The first kappa shape index (κ1) is 31.4. The summed E-state index contributed by atoms with van der Waals surface area (Å²) in [4.78, 5) is 9.54. The van der Waals surface area contributed by atoms with Gasteiger partial charge < -0.3 is 13.9 Å². The van der Waals surface area contributed by atoms with Crippen molar-refractivity contribution in [3.8, 4) is 22.8 Å². The van der Waals surface area contributed by atoms with Gasteiger partial charge in [0.2, 0.25) is 10.0 Å². The minimum Gasteiger partial charge on any atom is -0.457 e. The number of rotatable bonds is 8. The van der Waals surface area contributed by atoms with Crippen LogP contribution < -0.4 is 14.5 Å². The van der Waals surface area contributed by atoms with E-state index in [1.807, 2.05) is 0 Å². The Morgan fingerprint density at radius 2 is 1.68 bits per heavy atom. The molecule has 0 saturated heterocycles. The number of benzene rings is 3. The van der Waals surface area contributed by atoms with Crippen LogP contribution in [0, 0.1) is 5.82 Å². The van der Waals surface area contributed by atoms with Gasteiger partial charge in [0.05, 0.1) is 49.1 Å². The van der Waals surface area contributed by atoms with Gasteiger partial charge in [0.1, 0.15) is 38.5 Å². The molecule has 0 spiro atoms. The minimum atomic E-state index is -3.84. The number of anilines is 1. The second kappa shape index (κ2) is 12.2. The summed E-state index contributed by atoms with van der Waals surface area (Å²) in [5, 5.41) is 0.598. The number of amidine groups is 1. The molecule has 2 unspecified atom stereocenters. The summed E-state index contributed by atoms with van der Waals surface area (Å²) in [6.07, 6.45) is 0.607. The van der Waals surface area contributed by atoms with Crippen LogP contribution in [0.5, 0.6) is 11.5 Å². The molecule has 0 radical (unpaired) electrons. The van der Waals surface area contributed by atoms with E-state index in [1.165, 1.54) is 31.4 Å². The highest BCUT2D eigenvalue weighted by Gasteiger charge is 2.35. The third-order valence-electron chi connectivity index (χ3n) is 7.02. The fourth-order valence-corrected chi connectivity index (χ4v) is 6.99. The first-order chi connectivity index (χ1) is 20.8. The van der Waals surface area contributed by atoms with Crippen molar-refractivity contribution in [2.45, 2.75) is 19.1 Å². The van der Waals surface area contributed by atoms with Crippen LogP contribution in [0.4, 0.5) is 10.1 Å². The predicted molar refractivity (Wildman–Crippen MR) is 166 cm³/mol. The zero-order chi connectivity index (χ0) is 31.8. The van der Waals surface area contributed by atoms with Gasteiger partial charge in [-0.3, -0.25) is 14.1 Å². The van der Waals surface area contributed by atoms with Crippen LogP contribution >= 0.6 is 0 Å². The summed E-state index contributed by atoms with van der Waals surface area (Å²) in [5.74, 6) is 1.06. The molecule has 0 aliphatic carbocycles. The van der Waals surface area contributed by atoms with Gasteiger partial charge in [-0.15, -0.1) is 0 Å². The van der Waals surface area contributed by atoms with Crippen molar-refractivity contribution in [3.05, 3.63) is 77.6 Å². The summed E-state index contributed by atoms with van der Waals surface area (Å²) < 4.78 is 82.9. The molecular weight excluding hydrogens is 613 g/mol. The van der Waals surface area contributed by atoms with Crippen LogP contribution in [0.15, 0.2) is 70.1 Å². The SMILES string of the molecule is CN=C(NOC)c1c(-c2ccc(Oc3ccc(F)cc3)cc2)oc2cc3c(cc12)C(C)OC(CS(C)(=O)=O)CN3S(C)(=O)=O. The third-order valence-corrected chi connectivity index (χ3v) is 9.15. The molecule has 1 aliphatic heterocycles. The number of ether oxygens (including phenoxy) is 2. The molecule has 0 saturated carbocycles. The summed E-state index contributed by atoms with van der Waals surface area (Å²) >= 11 is 0. The van der Waals surface area contributed by atoms with Crippen molar-refractivity contribution in [2.24, 2.45) is 4.99 Å². The third kappa shape index (κ3) is 6.73. The monoisotopic (exact) mass is 645 g/mol. The Bertz CT molecular complexity index is 1920. The quantitative estimate of drug-likeness (QED) is 0.162. The predicted octanol–water partition coefficient (Wildman–Crippen LogP) is 4.83. The Hall–Kier alpha value is -3.98. The van der Waals surface area contributed by atoms with Crippen LogP contribution in [-0.4, -0.2) is 67.7 Å². The van der Waals surface area contributed by atoms with E-state index in [4.69, 9.17) is 18.7 Å². The average Bonchev–Trinajstić information content (AvgIpc) is 3.25. The smallest absolute Gasteiger partial charge is 0.232 e. The number of aliphatic imine (C=N–C) groups is 1. The van der Waals surface area contributed by atoms with Crippen LogP contribution in [-0.2, 0) is 29.4 Å². The number of furan rings is 1. The second-order valence-electron chi connectivity index (χ2n) is 10.5. The van der Waals surface area contributed by atoms with E-state index in [1.54, 1.807) is 50.4 Å². The summed E-state index contributed by atoms with van der Waals surface area (Å²) in [6, 6.07) is 16.1. The van der Waals surface area contributed by atoms with Crippen LogP contribution in [0.2, 0.25) is 0 Å². The van der Waals surface area contributed by atoms with E-state index in [9.17, 15) is 21.2 Å². The Kier molecular flexibility index (Phi) is 8.71. The summed E-state index contributed by atoms with van der Waals surface area (Å²) in [7, 11) is -4.27. The molecule has 4 aromatic rings. The fraction of sp³-hybridized carbons (Fsp3) is 0.300. The normalized spacial score (nSPS) is 17.8. The Labute approximate surface area is 255 Å². The highest BCUT2D eigenvalue weighted by molar-refractivity contribution is 7.92. The van der Waals surface area contributed by atoms with E-state index in [2.05, 4.69) is 10.5 Å². The van der Waals surface area contributed by atoms with Gasteiger partial charge in [0, 0.05) is 35.9 Å². The molecule has 3 aromatic carbocycles. The topological polar surface area (TPSA) is 137 Å². The van der Waals surface area contributed by atoms with E-state index in [-0.39, 0.29) is 18.1 Å². The first-order valence-corrected chi connectivity index (χ1v) is 17.4. The van der Waals surface area contributed by atoms with Crippen LogP contribution in [0.25, 0.3) is 22.3 Å². The molecule has 0 fully saturated rings. The molecule has 2 atom stereocenters. The molecule has 1 aliphatic rings. The molecule has 1 aromatic heterocycles. The van der Waals surface area contributed by atoms with E-state index >= 15 is 0 Å². The molecule has 2 heterocycles. The zero-order valence-corrected chi connectivity index (χ0v) is 26.3. The molecule has 44 heavy (non-hydrogen) atoms. The maximum absolute atomic E-state index is 13.3. The van der Waals surface area contributed by atoms with Gasteiger partial charge >= 0.3 is 0 Å². The lowest BCUT2D eigenvalue weighted by Gasteiger charge is -2.24. The van der Waals surface area contributed by atoms with Gasteiger partial charge in [-0.25, -0.2) is 26.7 Å². The van der Waals surface area contributed by atoms with Crippen molar-refractivity contribution < 1.29 is 40.0 Å².